The fourth-order valence-electron chi connectivity index (χ4n) is 5.45. The molecule has 0 saturated heterocycles. The number of unbranched alkanes of at least 4 members (excludes halogenated alkanes) is 24. The summed E-state index contributed by atoms with van der Waals surface area (Å²) < 4.78 is 10.8. The van der Waals surface area contributed by atoms with Gasteiger partial charge in [-0.25, -0.2) is 0 Å². The summed E-state index contributed by atoms with van der Waals surface area (Å²) in [6.45, 7) is 5.73. The zero-order valence-corrected chi connectivity index (χ0v) is 29.9. The summed E-state index contributed by atoms with van der Waals surface area (Å²) in [5.41, 5.74) is 0. The SMILES string of the molecule is CCCCCCCCCCCCCCOC(=O)CCCCSCCCCC(=O)OCCCCCCCCCCCCCC. The summed E-state index contributed by atoms with van der Waals surface area (Å²) in [7, 11) is 0. The van der Waals surface area contributed by atoms with E-state index in [2.05, 4.69) is 13.8 Å². The summed E-state index contributed by atoms with van der Waals surface area (Å²) in [4.78, 5) is 23.8. The Bertz CT molecular complexity index is 520. The molecule has 256 valence electrons. The molecule has 0 aliphatic carbocycles. The van der Waals surface area contributed by atoms with E-state index in [4.69, 9.17) is 9.47 Å². The number of carbonyl (C=O) groups excluding carboxylic acids is 2. The molecule has 0 aliphatic heterocycles. The van der Waals surface area contributed by atoms with Gasteiger partial charge in [0.2, 0.25) is 0 Å². The Labute approximate surface area is 273 Å². The highest BCUT2D eigenvalue weighted by atomic mass is 32.2. The first-order valence-corrected chi connectivity index (χ1v) is 20.2. The third kappa shape index (κ3) is 37.4. The molecule has 43 heavy (non-hydrogen) atoms. The lowest BCUT2D eigenvalue weighted by Crippen LogP contribution is -2.06. The minimum atomic E-state index is -0.0323. The van der Waals surface area contributed by atoms with Crippen LogP contribution in [0, 0.1) is 0 Å². The van der Waals surface area contributed by atoms with E-state index in [0.717, 1.165) is 50.0 Å². The fraction of sp³-hybridized carbons (Fsp3) is 0.947. The molecule has 0 unspecified atom stereocenters. The fourth-order valence-corrected chi connectivity index (χ4v) is 6.47. The van der Waals surface area contributed by atoms with Gasteiger partial charge in [-0.05, 0) is 50.0 Å². The number of hydrogen-bond donors (Lipinski definition) is 0. The van der Waals surface area contributed by atoms with Crippen molar-refractivity contribution in [2.75, 3.05) is 24.7 Å². The molecule has 4 nitrogen and oxygen atoms in total. The molecule has 5 heteroatoms. The van der Waals surface area contributed by atoms with Crippen LogP contribution in [0.25, 0.3) is 0 Å². The topological polar surface area (TPSA) is 52.6 Å². The van der Waals surface area contributed by atoms with E-state index in [1.165, 1.54) is 141 Å². The lowest BCUT2D eigenvalue weighted by atomic mass is 10.1. The summed E-state index contributed by atoms with van der Waals surface area (Å²) >= 11 is 1.93. The van der Waals surface area contributed by atoms with Gasteiger partial charge < -0.3 is 9.47 Å². The average molecular weight is 627 g/mol. The van der Waals surface area contributed by atoms with Crippen molar-refractivity contribution in [1.29, 1.82) is 0 Å². The summed E-state index contributed by atoms with van der Waals surface area (Å²) in [6, 6.07) is 0. The molecule has 0 saturated carbocycles. The predicted octanol–water partition coefficient (Wildman–Crippen LogP) is 12.5. The Hall–Kier alpha value is -0.710. The maximum atomic E-state index is 11.9. The van der Waals surface area contributed by atoms with E-state index in [1.54, 1.807) is 0 Å². The third-order valence-corrected chi connectivity index (χ3v) is 9.52. The molecule has 0 aromatic heterocycles. The summed E-state index contributed by atoms with van der Waals surface area (Å²) in [5.74, 6) is 2.09. The van der Waals surface area contributed by atoms with Gasteiger partial charge in [-0.15, -0.1) is 0 Å². The predicted molar refractivity (Wildman–Crippen MR) is 189 cm³/mol. The van der Waals surface area contributed by atoms with E-state index >= 15 is 0 Å². The average Bonchev–Trinajstić information content (AvgIpc) is 3.01. The number of hydrogen-bond acceptors (Lipinski definition) is 5. The third-order valence-electron chi connectivity index (χ3n) is 8.36. The zero-order chi connectivity index (χ0) is 31.3. The van der Waals surface area contributed by atoms with Crippen LogP contribution in [0.4, 0.5) is 0 Å². The van der Waals surface area contributed by atoms with Crippen molar-refractivity contribution >= 4 is 23.7 Å². The molecule has 0 amide bonds. The largest absolute Gasteiger partial charge is 0.466 e. The first-order valence-electron chi connectivity index (χ1n) is 19.1. The summed E-state index contributed by atoms with van der Waals surface area (Å²) in [6.07, 6.45) is 36.8. The van der Waals surface area contributed by atoms with Crippen molar-refractivity contribution in [3.8, 4) is 0 Å². The Kier molecular flexibility index (Phi) is 36.9. The van der Waals surface area contributed by atoms with E-state index in [9.17, 15) is 9.59 Å². The molecule has 0 aromatic carbocycles. The molecular formula is C38H74O4S. The van der Waals surface area contributed by atoms with Crippen molar-refractivity contribution < 1.29 is 19.1 Å². The highest BCUT2D eigenvalue weighted by molar-refractivity contribution is 7.99. The van der Waals surface area contributed by atoms with Crippen molar-refractivity contribution in [3.63, 3.8) is 0 Å². The molecule has 0 aliphatic rings. The minimum Gasteiger partial charge on any atom is -0.466 e. The smallest absolute Gasteiger partial charge is 0.305 e. The van der Waals surface area contributed by atoms with Crippen LogP contribution in [0.5, 0.6) is 0 Å². The van der Waals surface area contributed by atoms with Crippen molar-refractivity contribution in [3.05, 3.63) is 0 Å². The van der Waals surface area contributed by atoms with Crippen LogP contribution in [0.3, 0.4) is 0 Å². The molecule has 0 radical (unpaired) electrons. The van der Waals surface area contributed by atoms with Gasteiger partial charge in [-0.2, -0.15) is 11.8 Å². The van der Waals surface area contributed by atoms with Gasteiger partial charge in [-0.3, -0.25) is 9.59 Å². The summed E-state index contributed by atoms with van der Waals surface area (Å²) in [5, 5.41) is 0. The molecule has 0 heterocycles. The van der Waals surface area contributed by atoms with Crippen LogP contribution in [0.1, 0.15) is 206 Å². The lowest BCUT2D eigenvalue weighted by molar-refractivity contribution is -0.144. The Morgan fingerprint density at radius 3 is 0.953 bits per heavy atom. The van der Waals surface area contributed by atoms with Crippen LogP contribution in [0.2, 0.25) is 0 Å². The van der Waals surface area contributed by atoms with Crippen molar-refractivity contribution in [1.82, 2.24) is 0 Å². The monoisotopic (exact) mass is 627 g/mol. The van der Waals surface area contributed by atoms with Gasteiger partial charge in [0.1, 0.15) is 0 Å². The van der Waals surface area contributed by atoms with Gasteiger partial charge in [0, 0.05) is 12.8 Å². The Balaban J connectivity index is 3.24. The van der Waals surface area contributed by atoms with Gasteiger partial charge in [0.25, 0.3) is 0 Å². The number of esters is 2. The normalized spacial score (nSPS) is 11.2. The minimum absolute atomic E-state index is 0.0323. The van der Waals surface area contributed by atoms with Crippen molar-refractivity contribution in [2.45, 2.75) is 206 Å². The van der Waals surface area contributed by atoms with Crippen LogP contribution in [0.15, 0.2) is 0 Å². The van der Waals surface area contributed by atoms with Gasteiger partial charge in [0.15, 0.2) is 0 Å². The molecule has 0 N–H and O–H groups in total. The second-order valence-corrected chi connectivity index (χ2v) is 14.0. The van der Waals surface area contributed by atoms with Gasteiger partial charge >= 0.3 is 11.9 Å². The maximum absolute atomic E-state index is 11.9. The van der Waals surface area contributed by atoms with E-state index in [0.29, 0.717) is 26.1 Å². The molecule has 0 rings (SSSR count). The molecule has 0 aromatic rings. The quantitative estimate of drug-likeness (QED) is 0.0511. The molecule has 0 atom stereocenters. The molecule has 0 spiro atoms. The Morgan fingerprint density at radius 1 is 0.372 bits per heavy atom. The highest BCUT2D eigenvalue weighted by Crippen LogP contribution is 2.14. The second-order valence-electron chi connectivity index (χ2n) is 12.7. The molecule has 0 fully saturated rings. The number of carbonyl (C=O) groups is 2. The standard InChI is InChI=1S/C38H74O4S/c1-3-5-7-9-11-13-15-17-19-21-23-27-33-41-37(39)31-25-29-35-43-36-30-26-32-38(40)42-34-28-24-22-20-18-16-14-12-10-8-6-4-2/h3-36H2,1-2H3. The second kappa shape index (κ2) is 37.5. The first-order chi connectivity index (χ1) is 21.2. The number of ether oxygens (including phenoxy) is 2. The lowest BCUT2D eigenvalue weighted by Gasteiger charge is -2.06. The first kappa shape index (κ1) is 42.3. The number of rotatable bonds is 36. The molecule has 0 bridgehead atoms. The van der Waals surface area contributed by atoms with Gasteiger partial charge in [0.05, 0.1) is 13.2 Å². The number of thioether (sulfide) groups is 1. The van der Waals surface area contributed by atoms with E-state index in [-0.39, 0.29) is 11.9 Å². The highest BCUT2D eigenvalue weighted by Gasteiger charge is 2.04. The van der Waals surface area contributed by atoms with Crippen LogP contribution >= 0.6 is 11.8 Å². The van der Waals surface area contributed by atoms with Crippen molar-refractivity contribution in [2.24, 2.45) is 0 Å². The van der Waals surface area contributed by atoms with Crippen LogP contribution in [-0.2, 0) is 19.1 Å². The van der Waals surface area contributed by atoms with E-state index < -0.39 is 0 Å². The van der Waals surface area contributed by atoms with Crippen LogP contribution in [-0.4, -0.2) is 36.7 Å². The maximum Gasteiger partial charge on any atom is 0.305 e. The van der Waals surface area contributed by atoms with Crippen LogP contribution < -0.4 is 0 Å². The Morgan fingerprint density at radius 2 is 0.651 bits per heavy atom. The molecular weight excluding hydrogens is 552 g/mol. The zero-order valence-electron chi connectivity index (χ0n) is 29.1. The van der Waals surface area contributed by atoms with Gasteiger partial charge in [-0.1, -0.05) is 155 Å². The van der Waals surface area contributed by atoms with E-state index in [1.807, 2.05) is 11.8 Å².